The van der Waals surface area contributed by atoms with Crippen LogP contribution in [0.15, 0.2) is 18.2 Å². The first-order valence-electron chi connectivity index (χ1n) is 6.80. The summed E-state index contributed by atoms with van der Waals surface area (Å²) in [6.45, 7) is 6.25. The summed E-state index contributed by atoms with van der Waals surface area (Å²) in [6, 6.07) is 6.32. The van der Waals surface area contributed by atoms with Crippen LogP contribution >= 0.6 is 0 Å². The van der Waals surface area contributed by atoms with Gasteiger partial charge in [0.1, 0.15) is 5.52 Å². The van der Waals surface area contributed by atoms with Gasteiger partial charge in [-0.1, -0.05) is 24.6 Å². The summed E-state index contributed by atoms with van der Waals surface area (Å²) in [4.78, 5) is 4.50. The van der Waals surface area contributed by atoms with Crippen LogP contribution in [0.5, 0.6) is 0 Å². The molecule has 0 spiro atoms. The molecule has 5 heteroatoms. The SMILES string of the molecule is CCc1nn(C)c2c1nc(N)n2-c1ccc(C)cc1C. The Balaban J connectivity index is 2.36. The first-order valence-corrected chi connectivity index (χ1v) is 6.80. The van der Waals surface area contributed by atoms with Crippen molar-refractivity contribution in [2.24, 2.45) is 7.05 Å². The van der Waals surface area contributed by atoms with E-state index in [0.717, 1.165) is 29.0 Å². The smallest absolute Gasteiger partial charge is 0.207 e. The zero-order valence-corrected chi connectivity index (χ0v) is 12.3. The molecule has 5 nitrogen and oxygen atoms in total. The molecule has 0 saturated heterocycles. The minimum Gasteiger partial charge on any atom is -0.369 e. The molecule has 20 heavy (non-hydrogen) atoms. The number of benzene rings is 1. The zero-order chi connectivity index (χ0) is 14.4. The first kappa shape index (κ1) is 12.7. The summed E-state index contributed by atoms with van der Waals surface area (Å²) in [5, 5.41) is 4.52. The second-order valence-electron chi connectivity index (χ2n) is 5.19. The lowest BCUT2D eigenvalue weighted by molar-refractivity contribution is 0.751. The molecule has 104 valence electrons. The number of nitrogens with zero attached hydrogens (tertiary/aromatic N) is 4. The molecule has 0 bridgehead atoms. The van der Waals surface area contributed by atoms with Crippen molar-refractivity contribution in [2.45, 2.75) is 27.2 Å². The van der Waals surface area contributed by atoms with Crippen LogP contribution in [0.25, 0.3) is 16.9 Å². The minimum atomic E-state index is 0.509. The lowest BCUT2D eigenvalue weighted by Crippen LogP contribution is -2.06. The molecule has 0 atom stereocenters. The van der Waals surface area contributed by atoms with Gasteiger partial charge in [-0.2, -0.15) is 5.10 Å². The highest BCUT2D eigenvalue weighted by atomic mass is 15.3. The summed E-state index contributed by atoms with van der Waals surface area (Å²) in [6.07, 6.45) is 0.848. The van der Waals surface area contributed by atoms with E-state index in [4.69, 9.17) is 5.73 Å². The molecule has 3 aromatic rings. The number of rotatable bonds is 2. The van der Waals surface area contributed by atoms with Crippen molar-refractivity contribution in [2.75, 3.05) is 5.73 Å². The van der Waals surface area contributed by atoms with Crippen LogP contribution in [0, 0.1) is 13.8 Å². The van der Waals surface area contributed by atoms with E-state index in [1.54, 1.807) is 0 Å². The van der Waals surface area contributed by atoms with Gasteiger partial charge >= 0.3 is 0 Å². The van der Waals surface area contributed by atoms with Crippen molar-refractivity contribution in [3.63, 3.8) is 0 Å². The van der Waals surface area contributed by atoms with Gasteiger partial charge in [0.25, 0.3) is 0 Å². The number of aromatic nitrogens is 4. The van der Waals surface area contributed by atoms with Crippen molar-refractivity contribution in [3.8, 4) is 5.69 Å². The Morgan fingerprint density at radius 2 is 2.00 bits per heavy atom. The highest BCUT2D eigenvalue weighted by Crippen LogP contribution is 2.27. The van der Waals surface area contributed by atoms with E-state index >= 15 is 0 Å². The minimum absolute atomic E-state index is 0.509. The van der Waals surface area contributed by atoms with Gasteiger partial charge in [-0.3, -0.25) is 4.57 Å². The number of nitrogens with two attached hydrogens (primary N) is 1. The number of imidazole rings is 1. The normalized spacial score (nSPS) is 11.4. The van der Waals surface area contributed by atoms with Crippen LogP contribution in [0.4, 0.5) is 5.95 Å². The van der Waals surface area contributed by atoms with Crippen LogP contribution in [0.2, 0.25) is 0 Å². The Hall–Kier alpha value is -2.30. The molecule has 0 saturated carbocycles. The van der Waals surface area contributed by atoms with E-state index in [1.165, 1.54) is 11.1 Å². The number of aryl methyl sites for hydroxylation is 4. The third-order valence-corrected chi connectivity index (χ3v) is 3.66. The molecule has 1 aromatic carbocycles. The molecule has 0 radical (unpaired) electrons. The average molecular weight is 269 g/mol. The largest absolute Gasteiger partial charge is 0.369 e. The van der Waals surface area contributed by atoms with E-state index in [2.05, 4.69) is 49.1 Å². The van der Waals surface area contributed by atoms with Gasteiger partial charge in [-0.15, -0.1) is 0 Å². The van der Waals surface area contributed by atoms with E-state index in [1.807, 2.05) is 16.3 Å². The third kappa shape index (κ3) is 1.70. The lowest BCUT2D eigenvalue weighted by Gasteiger charge is -2.10. The Kier molecular flexibility index (Phi) is 2.78. The first-order chi connectivity index (χ1) is 9.52. The lowest BCUT2D eigenvalue weighted by atomic mass is 10.1. The molecular weight excluding hydrogens is 250 g/mol. The van der Waals surface area contributed by atoms with Crippen molar-refractivity contribution in [3.05, 3.63) is 35.0 Å². The van der Waals surface area contributed by atoms with Gasteiger partial charge < -0.3 is 5.73 Å². The van der Waals surface area contributed by atoms with Gasteiger partial charge in [0, 0.05) is 7.05 Å². The van der Waals surface area contributed by atoms with Crippen LogP contribution in [-0.4, -0.2) is 19.3 Å². The summed E-state index contributed by atoms with van der Waals surface area (Å²) in [7, 11) is 1.93. The summed E-state index contributed by atoms with van der Waals surface area (Å²) in [5.74, 6) is 0.509. The van der Waals surface area contributed by atoms with Crippen LogP contribution in [0.3, 0.4) is 0 Å². The molecule has 0 aliphatic rings. The van der Waals surface area contributed by atoms with E-state index in [9.17, 15) is 0 Å². The van der Waals surface area contributed by atoms with Crippen LogP contribution in [0.1, 0.15) is 23.7 Å². The van der Waals surface area contributed by atoms with E-state index in [0.29, 0.717) is 5.95 Å². The van der Waals surface area contributed by atoms with Crippen LogP contribution in [-0.2, 0) is 13.5 Å². The zero-order valence-electron chi connectivity index (χ0n) is 12.3. The Bertz CT molecular complexity index is 794. The molecule has 0 amide bonds. The quantitative estimate of drug-likeness (QED) is 0.777. The summed E-state index contributed by atoms with van der Waals surface area (Å²) in [5.41, 5.74) is 12.4. The van der Waals surface area contributed by atoms with Gasteiger partial charge in [-0.25, -0.2) is 9.67 Å². The predicted octanol–water partition coefficient (Wildman–Crippen LogP) is 2.52. The number of nitrogen functional groups attached to an aromatic ring is 1. The summed E-state index contributed by atoms with van der Waals surface area (Å²) < 4.78 is 3.84. The topological polar surface area (TPSA) is 61.7 Å². The van der Waals surface area contributed by atoms with Crippen molar-refractivity contribution >= 4 is 17.1 Å². The molecule has 2 N–H and O–H groups in total. The molecule has 2 heterocycles. The van der Waals surface area contributed by atoms with Gasteiger partial charge in [-0.05, 0) is 31.9 Å². The van der Waals surface area contributed by atoms with Gasteiger partial charge in [0.15, 0.2) is 5.65 Å². The fourth-order valence-electron chi connectivity index (χ4n) is 2.73. The second-order valence-corrected chi connectivity index (χ2v) is 5.19. The maximum Gasteiger partial charge on any atom is 0.207 e. The maximum atomic E-state index is 6.14. The van der Waals surface area contributed by atoms with Gasteiger partial charge in [0.05, 0.1) is 11.4 Å². The standard InChI is InChI=1S/C15H19N5/c1-5-11-13-14(19(4)18-11)20(15(16)17-13)12-7-6-9(2)8-10(12)3/h6-8H,5H2,1-4H3,(H2,16,17). The third-order valence-electron chi connectivity index (χ3n) is 3.66. The number of hydrogen-bond acceptors (Lipinski definition) is 3. The van der Waals surface area contributed by atoms with Crippen molar-refractivity contribution in [1.82, 2.24) is 19.3 Å². The molecule has 0 aliphatic carbocycles. The average Bonchev–Trinajstić information content (AvgIpc) is 2.87. The Labute approximate surface area is 118 Å². The molecule has 3 rings (SSSR count). The van der Waals surface area contributed by atoms with Gasteiger partial charge in [0.2, 0.25) is 5.95 Å². The number of hydrogen-bond donors (Lipinski definition) is 1. The molecule has 0 unspecified atom stereocenters. The van der Waals surface area contributed by atoms with E-state index in [-0.39, 0.29) is 0 Å². The van der Waals surface area contributed by atoms with Crippen molar-refractivity contribution in [1.29, 1.82) is 0 Å². The highest BCUT2D eigenvalue weighted by Gasteiger charge is 2.18. The van der Waals surface area contributed by atoms with Crippen LogP contribution < -0.4 is 5.73 Å². The van der Waals surface area contributed by atoms with Crippen molar-refractivity contribution < 1.29 is 0 Å². The fraction of sp³-hybridized carbons (Fsp3) is 0.333. The second kappa shape index (κ2) is 4.37. The molecular formula is C15H19N5. The fourth-order valence-corrected chi connectivity index (χ4v) is 2.73. The maximum absolute atomic E-state index is 6.14. The Morgan fingerprint density at radius 1 is 1.25 bits per heavy atom. The molecule has 2 aromatic heterocycles. The molecule has 0 fully saturated rings. The van der Waals surface area contributed by atoms with E-state index < -0.39 is 0 Å². The highest BCUT2D eigenvalue weighted by molar-refractivity contribution is 5.80. The summed E-state index contributed by atoms with van der Waals surface area (Å²) >= 11 is 0. The Morgan fingerprint density at radius 3 is 2.65 bits per heavy atom. The number of anilines is 1. The predicted molar refractivity (Wildman–Crippen MR) is 81.1 cm³/mol. The molecule has 0 aliphatic heterocycles. The monoisotopic (exact) mass is 269 g/mol. The number of fused-ring (bicyclic) bond motifs is 1.